The first kappa shape index (κ1) is 24.1. The molecular weight excluding hydrogens is 479 g/mol. The number of hydrogen-bond donors (Lipinski definition) is 0. The molecule has 3 aromatic rings. The quantitative estimate of drug-likeness (QED) is 0.342. The molecule has 2 aliphatic heterocycles. The van der Waals surface area contributed by atoms with Crippen LogP contribution in [-0.4, -0.2) is 44.2 Å². The first-order chi connectivity index (χ1) is 17.0. The van der Waals surface area contributed by atoms with Crippen LogP contribution in [0.2, 0.25) is 0 Å². The Balaban J connectivity index is 1.74. The van der Waals surface area contributed by atoms with Crippen molar-refractivity contribution in [2.24, 2.45) is 0 Å². The molecule has 1 saturated heterocycles. The van der Waals surface area contributed by atoms with Crippen LogP contribution in [0.5, 0.6) is 0 Å². The molecule has 182 valence electrons. The van der Waals surface area contributed by atoms with Gasteiger partial charge in [-0.3, -0.25) is 0 Å². The number of hydrogen-bond acceptors (Lipinski definition) is 6. The second kappa shape index (κ2) is 9.43. The standard InChI is InChI=1S/C27H29N2O4PS/c1-2-21-34(25-14-6-3-7-15-25,26-16-8-4-9-17-26,27-18-10-5-11-19-27)33-35(30,31)32-29-23-28-20-12-13-24(29)22-28/h2-19,21,24H,20,22-23H2,1H3/b21-2+. The molecule has 0 amide bonds. The van der Waals surface area contributed by atoms with E-state index in [0.717, 1.165) is 29.0 Å². The van der Waals surface area contributed by atoms with E-state index in [1.807, 2.05) is 122 Å². The normalized spacial score (nSPS) is 21.7. The van der Waals surface area contributed by atoms with Gasteiger partial charge in [0, 0.05) is 0 Å². The molecule has 6 nitrogen and oxygen atoms in total. The number of hydroxylamine groups is 2. The van der Waals surface area contributed by atoms with Crippen LogP contribution >= 0.6 is 6.83 Å². The van der Waals surface area contributed by atoms with Crippen molar-refractivity contribution in [1.29, 1.82) is 0 Å². The molecule has 2 aliphatic rings. The Kier molecular flexibility index (Phi) is 6.49. The number of rotatable bonds is 8. The number of allylic oxidation sites excluding steroid dienone is 1. The van der Waals surface area contributed by atoms with Gasteiger partial charge in [-0.25, -0.2) is 0 Å². The molecule has 0 N–H and O–H groups in total. The van der Waals surface area contributed by atoms with Gasteiger partial charge < -0.3 is 0 Å². The molecule has 2 atom stereocenters. The Morgan fingerprint density at radius 3 is 1.83 bits per heavy atom. The van der Waals surface area contributed by atoms with Crippen LogP contribution < -0.4 is 15.9 Å². The zero-order valence-electron chi connectivity index (χ0n) is 19.6. The third-order valence-corrected chi connectivity index (χ3v) is 13.7. The summed E-state index contributed by atoms with van der Waals surface area (Å²) in [5.41, 5.74) is 0. The van der Waals surface area contributed by atoms with E-state index in [2.05, 4.69) is 4.90 Å². The van der Waals surface area contributed by atoms with E-state index in [9.17, 15) is 8.42 Å². The van der Waals surface area contributed by atoms with Crippen LogP contribution in [0.15, 0.2) is 115 Å². The summed E-state index contributed by atoms with van der Waals surface area (Å²) in [7, 11) is -4.51. The summed E-state index contributed by atoms with van der Waals surface area (Å²) in [6, 6.07) is 28.7. The van der Waals surface area contributed by atoms with Gasteiger partial charge in [0.2, 0.25) is 0 Å². The van der Waals surface area contributed by atoms with Crippen LogP contribution in [0.1, 0.15) is 6.92 Å². The number of benzene rings is 3. The second-order valence-electron chi connectivity index (χ2n) is 8.74. The summed E-state index contributed by atoms with van der Waals surface area (Å²) in [5, 5.41) is 3.79. The van der Waals surface area contributed by atoms with Gasteiger partial charge in [0.1, 0.15) is 0 Å². The molecule has 5 rings (SSSR count). The topological polar surface area (TPSA) is 59.1 Å². The van der Waals surface area contributed by atoms with E-state index in [4.69, 9.17) is 8.25 Å². The fourth-order valence-corrected chi connectivity index (χ4v) is 12.6. The summed E-state index contributed by atoms with van der Waals surface area (Å²) in [6.45, 7) is -0.424. The van der Waals surface area contributed by atoms with Gasteiger partial charge in [0.05, 0.1) is 0 Å². The summed E-state index contributed by atoms with van der Waals surface area (Å²) >= 11 is 0. The zero-order chi connectivity index (χ0) is 24.4. The fraction of sp³-hybridized carbons (Fsp3) is 0.185. The van der Waals surface area contributed by atoms with Crippen molar-refractivity contribution in [3.05, 3.63) is 115 Å². The Morgan fingerprint density at radius 2 is 1.37 bits per heavy atom. The molecule has 0 aliphatic carbocycles. The molecule has 2 heterocycles. The molecule has 0 aromatic heterocycles. The van der Waals surface area contributed by atoms with Gasteiger partial charge in [0.15, 0.2) is 0 Å². The van der Waals surface area contributed by atoms with Crippen LogP contribution in [0, 0.1) is 0 Å². The van der Waals surface area contributed by atoms with Crippen LogP contribution in [0.4, 0.5) is 0 Å². The average Bonchev–Trinajstić information content (AvgIpc) is 3.16. The molecule has 2 bridgehead atoms. The monoisotopic (exact) mass is 508 g/mol. The maximum atomic E-state index is 13.9. The summed E-state index contributed by atoms with van der Waals surface area (Å²) in [5.74, 6) is 1.93. The van der Waals surface area contributed by atoms with Crippen molar-refractivity contribution < 1.29 is 16.7 Å². The minimum absolute atomic E-state index is 0.139. The molecule has 0 spiro atoms. The Labute approximate surface area is 207 Å². The Bertz CT molecular complexity index is 1230. The van der Waals surface area contributed by atoms with E-state index in [1.54, 1.807) is 0 Å². The molecule has 0 saturated carbocycles. The molecule has 8 heteroatoms. The van der Waals surface area contributed by atoms with Crippen molar-refractivity contribution in [3.63, 3.8) is 0 Å². The van der Waals surface area contributed by atoms with E-state index >= 15 is 0 Å². The third kappa shape index (κ3) is 4.19. The van der Waals surface area contributed by atoms with Crippen molar-refractivity contribution in [1.82, 2.24) is 9.96 Å². The Hall–Kier alpha value is -2.64. The number of nitrogens with zero attached hydrogens (tertiary/aromatic N) is 2. The van der Waals surface area contributed by atoms with E-state index in [0.29, 0.717) is 6.67 Å². The Morgan fingerprint density at radius 1 is 0.857 bits per heavy atom. The molecule has 3 aromatic carbocycles. The molecular formula is C27H29N2O4PS. The van der Waals surface area contributed by atoms with E-state index < -0.39 is 17.2 Å². The van der Waals surface area contributed by atoms with Crippen LogP contribution in [0.3, 0.4) is 0 Å². The molecule has 35 heavy (non-hydrogen) atoms. The van der Waals surface area contributed by atoms with Crippen molar-refractivity contribution in [3.8, 4) is 0 Å². The maximum absolute atomic E-state index is 13.9. The predicted octanol–water partition coefficient (Wildman–Crippen LogP) is 3.67. The summed E-state index contributed by atoms with van der Waals surface area (Å²) in [6.07, 6.45) is 5.89. The minimum atomic E-state index is -4.51. The SMILES string of the molecule is C/C=C/P(OS(=O)(=O)ON1CN2CC=CC1C2)(c1ccccc1)(c1ccccc1)c1ccccc1. The van der Waals surface area contributed by atoms with E-state index in [-0.39, 0.29) is 6.04 Å². The van der Waals surface area contributed by atoms with Gasteiger partial charge in [-0.05, 0) is 0 Å². The molecule has 1 fully saturated rings. The van der Waals surface area contributed by atoms with E-state index in [1.165, 1.54) is 5.06 Å². The van der Waals surface area contributed by atoms with Gasteiger partial charge in [-0.15, -0.1) is 0 Å². The van der Waals surface area contributed by atoms with Crippen molar-refractivity contribution in [2.75, 3.05) is 19.8 Å². The van der Waals surface area contributed by atoms with Crippen molar-refractivity contribution >= 4 is 33.1 Å². The second-order valence-corrected chi connectivity index (χ2v) is 14.4. The van der Waals surface area contributed by atoms with Gasteiger partial charge in [-0.2, -0.15) is 0 Å². The summed E-state index contributed by atoms with van der Waals surface area (Å²) in [4.78, 5) is 2.12. The van der Waals surface area contributed by atoms with Gasteiger partial charge in [0.25, 0.3) is 0 Å². The van der Waals surface area contributed by atoms with Crippen LogP contribution in [-0.2, 0) is 18.7 Å². The predicted molar refractivity (Wildman–Crippen MR) is 142 cm³/mol. The first-order valence-electron chi connectivity index (χ1n) is 11.6. The van der Waals surface area contributed by atoms with Crippen molar-refractivity contribution in [2.45, 2.75) is 13.0 Å². The van der Waals surface area contributed by atoms with Gasteiger partial charge in [-0.1, -0.05) is 0 Å². The van der Waals surface area contributed by atoms with Crippen LogP contribution in [0.25, 0.3) is 0 Å². The van der Waals surface area contributed by atoms with Gasteiger partial charge >= 0.3 is 208 Å². The molecule has 2 unspecified atom stereocenters. The number of fused-ring (bicyclic) bond motifs is 2. The summed E-state index contributed by atoms with van der Waals surface area (Å²) < 4.78 is 39.9. The average molecular weight is 509 g/mol. The third-order valence-electron chi connectivity index (χ3n) is 6.55. The fourth-order valence-electron chi connectivity index (χ4n) is 5.09. The first-order valence-corrected chi connectivity index (χ1v) is 15.2. The molecule has 0 radical (unpaired) electrons. The zero-order valence-corrected chi connectivity index (χ0v) is 21.3.